The van der Waals surface area contributed by atoms with Crippen molar-refractivity contribution >= 4 is 68.8 Å². The van der Waals surface area contributed by atoms with Gasteiger partial charge in [0, 0.05) is 64.5 Å². The molecule has 29 heavy (non-hydrogen) atoms. The molecule has 0 aliphatic heterocycles. The van der Waals surface area contributed by atoms with Gasteiger partial charge in [0.15, 0.2) is 5.78 Å². The largest absolute Gasteiger partial charge is 0.496 e. The summed E-state index contributed by atoms with van der Waals surface area (Å²) in [5.74, 6) is -0.204. The number of ketones is 1. The number of halogens is 7. The van der Waals surface area contributed by atoms with E-state index in [-0.39, 0.29) is 22.9 Å². The Labute approximate surface area is 184 Å². The molecule has 1 aromatic heterocycles. The first kappa shape index (κ1) is 22.5. The molecule has 1 heterocycles. The van der Waals surface area contributed by atoms with Crippen LogP contribution in [0.4, 0.5) is 19.4 Å². The maximum absolute atomic E-state index is 13.3. The van der Waals surface area contributed by atoms with Crippen molar-refractivity contribution < 1.29 is 29.0 Å². The number of carbonyl (C=O) groups is 1. The fraction of sp³-hybridized carbons (Fsp3) is 0.118. The highest BCUT2D eigenvalue weighted by molar-refractivity contribution is 14.2. The van der Waals surface area contributed by atoms with Crippen molar-refractivity contribution in [1.29, 1.82) is 0 Å². The van der Waals surface area contributed by atoms with Crippen LogP contribution in [0.2, 0.25) is 5.02 Å². The van der Waals surface area contributed by atoms with E-state index < -0.39 is 20.9 Å². The van der Waals surface area contributed by atoms with Crippen molar-refractivity contribution in [1.82, 2.24) is 3.97 Å². The molecule has 0 atom stereocenters. The van der Waals surface area contributed by atoms with E-state index in [0.29, 0.717) is 28.5 Å². The molecule has 3 rings (SSSR count). The minimum Gasteiger partial charge on any atom is -0.496 e. The summed E-state index contributed by atoms with van der Waals surface area (Å²) >= 11 is 7.77. The average Bonchev–Trinajstić information content (AvgIpc) is 2.99. The molecule has 0 radical (unpaired) electrons. The Morgan fingerprint density at radius 3 is 2.45 bits per heavy atom. The zero-order valence-corrected chi connectivity index (χ0v) is 19.0. The maximum Gasteiger partial charge on any atom is 0.310 e. The second kappa shape index (κ2) is 6.92. The number of benzene rings is 2. The molecular weight excluding hydrogens is 572 g/mol. The third kappa shape index (κ3) is 4.78. The normalized spacial score (nSPS) is 14.5. The molecule has 3 nitrogen and oxygen atoms in total. The molecule has 0 N–H and O–H groups in total. The summed E-state index contributed by atoms with van der Waals surface area (Å²) < 4.78 is 72.9. The fourth-order valence-electron chi connectivity index (χ4n) is 2.83. The zero-order chi connectivity index (χ0) is 21.7. The van der Waals surface area contributed by atoms with Crippen LogP contribution >= 0.6 is 52.1 Å². The van der Waals surface area contributed by atoms with Gasteiger partial charge in [-0.25, -0.2) is 0 Å². The first-order valence-electron chi connectivity index (χ1n) is 7.77. The van der Waals surface area contributed by atoms with E-state index in [4.69, 9.17) is 16.3 Å². The second-order valence-electron chi connectivity index (χ2n) is 6.14. The Balaban J connectivity index is 2.13. The van der Waals surface area contributed by atoms with Crippen LogP contribution in [0.25, 0.3) is 10.9 Å². The third-order valence-electron chi connectivity index (χ3n) is 4.16. The van der Waals surface area contributed by atoms with Gasteiger partial charge in [0.25, 0.3) is 0 Å². The lowest BCUT2D eigenvalue weighted by molar-refractivity contribution is 0.0993. The third-order valence-corrected chi connectivity index (χ3v) is 7.27. The molecule has 158 valence electrons. The predicted molar refractivity (Wildman–Crippen MR) is 116 cm³/mol. The molecule has 2 aromatic carbocycles. The number of carbonyl (C=O) groups excluding carboxylic acids is 1. The second-order valence-corrected chi connectivity index (χ2v) is 10.7. The highest BCUT2D eigenvalue weighted by Gasteiger charge is 2.65. The van der Waals surface area contributed by atoms with Crippen molar-refractivity contribution in [3.05, 3.63) is 58.7 Å². The molecule has 0 aliphatic rings. The number of fused-ring (bicyclic) bond motifs is 1. The lowest BCUT2D eigenvalue weighted by Gasteiger charge is -2.40. The Morgan fingerprint density at radius 1 is 1.17 bits per heavy atom. The number of hydrogen-bond donors (Lipinski definition) is 0. The van der Waals surface area contributed by atoms with Crippen molar-refractivity contribution in [2.24, 2.45) is 0 Å². The summed E-state index contributed by atoms with van der Waals surface area (Å²) in [5, 5.41) is 0.189. The summed E-state index contributed by atoms with van der Waals surface area (Å²) in [6.07, 6.45) is 1.13. The topological polar surface area (TPSA) is 31.2 Å². The number of aromatic nitrogens is 1. The maximum atomic E-state index is 13.3. The van der Waals surface area contributed by atoms with Gasteiger partial charge in [-0.1, -0.05) is 37.1 Å². The molecule has 0 bridgehead atoms. The van der Waals surface area contributed by atoms with Crippen LogP contribution in [0.5, 0.6) is 5.75 Å². The van der Waals surface area contributed by atoms with Gasteiger partial charge in [-0.2, -0.15) is 0 Å². The number of rotatable bonds is 6. The van der Waals surface area contributed by atoms with Crippen molar-refractivity contribution in [2.45, 2.75) is 11.3 Å². The first-order valence-corrected chi connectivity index (χ1v) is 13.4. The van der Waals surface area contributed by atoms with E-state index in [1.807, 2.05) is 21.2 Å². The SMILES string of the molecule is COc1cc(Cl)ccc1CC(=O)c1cn(SI)c2ccc(S(F)(F)(F)(F)F)cc12. The van der Waals surface area contributed by atoms with E-state index in [1.54, 1.807) is 12.1 Å². The quantitative estimate of drug-likeness (QED) is 0.166. The Bertz CT molecular complexity index is 1140. The van der Waals surface area contributed by atoms with Crippen LogP contribution in [0, 0.1) is 0 Å². The molecule has 0 saturated heterocycles. The molecule has 0 fully saturated rings. The van der Waals surface area contributed by atoms with Gasteiger partial charge in [-0.15, -0.1) is 0 Å². The van der Waals surface area contributed by atoms with Crippen LogP contribution in [-0.4, -0.2) is 16.9 Å². The van der Waals surface area contributed by atoms with Crippen molar-refractivity contribution in [2.75, 3.05) is 7.11 Å². The average molecular weight is 584 g/mol. The monoisotopic (exact) mass is 583 g/mol. The molecule has 12 heteroatoms. The van der Waals surface area contributed by atoms with Gasteiger partial charge in [0.1, 0.15) is 10.6 Å². The first-order chi connectivity index (χ1) is 13.2. The zero-order valence-electron chi connectivity index (χ0n) is 14.5. The molecule has 0 unspecified atom stereocenters. The summed E-state index contributed by atoms with van der Waals surface area (Å²) in [4.78, 5) is 10.8. The van der Waals surface area contributed by atoms with E-state index in [9.17, 15) is 24.2 Å². The van der Waals surface area contributed by atoms with Crippen LogP contribution < -0.4 is 4.74 Å². The summed E-state index contributed by atoms with van der Waals surface area (Å²) in [6.45, 7) is 0. The summed E-state index contributed by atoms with van der Waals surface area (Å²) in [7, 11) is -7.40. The van der Waals surface area contributed by atoms with Crippen LogP contribution in [0.1, 0.15) is 15.9 Å². The van der Waals surface area contributed by atoms with E-state index in [1.165, 1.54) is 23.3 Å². The molecule has 0 saturated carbocycles. The van der Waals surface area contributed by atoms with Gasteiger partial charge >= 0.3 is 10.2 Å². The highest BCUT2D eigenvalue weighted by atomic mass is 127. The Kier molecular flexibility index (Phi) is 5.37. The molecular formula is C17H12ClF5INO2S2. The number of nitrogens with zero attached hydrogens (tertiary/aromatic N) is 1. The number of methoxy groups -OCH3 is 1. The van der Waals surface area contributed by atoms with E-state index in [0.717, 1.165) is 15.2 Å². The fourth-order valence-corrected chi connectivity index (χ4v) is 5.02. The Hall–Kier alpha value is -1.18. The van der Waals surface area contributed by atoms with E-state index in [2.05, 4.69) is 0 Å². The Morgan fingerprint density at radius 2 is 1.86 bits per heavy atom. The van der Waals surface area contributed by atoms with Crippen LogP contribution in [0.15, 0.2) is 47.5 Å². The van der Waals surface area contributed by atoms with Crippen molar-refractivity contribution in [3.8, 4) is 5.75 Å². The standard InChI is InChI=1S/C17H12ClF5INO2S2/c1-27-17-7-11(18)3-2-10(17)6-16(26)14-9-25(28-24)15-5-4-12(8-13(14)15)29(19,20,21,22)23/h2-5,7-9H,6H2,1H3. The summed E-state index contributed by atoms with van der Waals surface area (Å²) in [5.41, 5.74) is 0.597. The van der Waals surface area contributed by atoms with Gasteiger partial charge < -0.3 is 4.74 Å². The van der Waals surface area contributed by atoms with Gasteiger partial charge in [0.05, 0.1) is 12.6 Å². The van der Waals surface area contributed by atoms with Gasteiger partial charge in [0.2, 0.25) is 0 Å². The molecule has 0 amide bonds. The highest BCUT2D eigenvalue weighted by Crippen LogP contribution is 3.02. The van der Waals surface area contributed by atoms with Gasteiger partial charge in [-0.3, -0.25) is 8.77 Å². The van der Waals surface area contributed by atoms with Crippen LogP contribution in [0.3, 0.4) is 0 Å². The lowest BCUT2D eigenvalue weighted by Crippen LogP contribution is -2.07. The minimum absolute atomic E-state index is 0.0927. The predicted octanol–water partition coefficient (Wildman–Crippen LogP) is 8.23. The number of hydrogen-bond acceptors (Lipinski definition) is 3. The lowest BCUT2D eigenvalue weighted by atomic mass is 10.0. The summed E-state index contributed by atoms with van der Waals surface area (Å²) in [6, 6.07) is 6.22. The molecule has 0 aliphatic carbocycles. The van der Waals surface area contributed by atoms with E-state index >= 15 is 0 Å². The number of ether oxygens (including phenoxy) is 1. The number of Topliss-reactive ketones (excluding diaryl/α,β-unsaturated/α-hetero) is 1. The minimum atomic E-state index is -9.89. The van der Waals surface area contributed by atoms with Crippen LogP contribution in [-0.2, 0) is 6.42 Å². The van der Waals surface area contributed by atoms with Gasteiger partial charge in [-0.05, 0) is 30.3 Å². The smallest absolute Gasteiger partial charge is 0.310 e. The molecule has 3 aromatic rings. The van der Waals surface area contributed by atoms with Crippen molar-refractivity contribution in [3.63, 3.8) is 0 Å². The molecule has 0 spiro atoms.